The zero-order valence-corrected chi connectivity index (χ0v) is 12.2. The molecule has 0 saturated carbocycles. The monoisotopic (exact) mass is 309 g/mol. The summed E-state index contributed by atoms with van der Waals surface area (Å²) in [5, 5.41) is 8.69. The van der Waals surface area contributed by atoms with Gasteiger partial charge in [-0.3, -0.25) is 4.79 Å². The van der Waals surface area contributed by atoms with Crippen LogP contribution in [0, 0.1) is 0 Å². The quantitative estimate of drug-likeness (QED) is 0.927. The van der Waals surface area contributed by atoms with E-state index in [9.17, 15) is 4.79 Å². The summed E-state index contributed by atoms with van der Waals surface area (Å²) in [7, 11) is 0. The molecule has 3 rings (SSSR count). The number of nitrogens with one attached hydrogen (secondary N) is 1. The van der Waals surface area contributed by atoms with Crippen LogP contribution in [0.5, 0.6) is 0 Å². The van der Waals surface area contributed by atoms with Crippen LogP contribution in [0.3, 0.4) is 0 Å². The Bertz CT molecular complexity index is 692. The molecule has 2 aromatic rings. The minimum atomic E-state index is -0.158. The Morgan fingerprint density at radius 1 is 1.30 bits per heavy atom. The molecule has 1 N–H and O–H groups in total. The fraction of sp³-hybridized carbons (Fsp3) is 0.286. The minimum absolute atomic E-state index is 0.158. The van der Waals surface area contributed by atoms with Crippen LogP contribution in [0.1, 0.15) is 17.7 Å². The molecular weight excluding hydrogens is 297 g/mol. The lowest BCUT2D eigenvalue weighted by molar-refractivity contribution is 0.608. The summed E-state index contributed by atoms with van der Waals surface area (Å²) < 4.78 is 1.42. The number of nitrogens with zero attached hydrogens (tertiary/aromatic N) is 2. The molecule has 1 aromatic carbocycles. The van der Waals surface area contributed by atoms with Gasteiger partial charge < -0.3 is 5.32 Å². The van der Waals surface area contributed by atoms with Gasteiger partial charge in [-0.15, -0.1) is 0 Å². The molecule has 0 unspecified atom stereocenters. The molecular formula is C14H13Cl2N3O. The molecule has 0 bridgehead atoms. The van der Waals surface area contributed by atoms with Crippen molar-refractivity contribution in [2.75, 3.05) is 11.9 Å². The van der Waals surface area contributed by atoms with Crippen LogP contribution < -0.4 is 10.9 Å². The number of halogens is 2. The number of aromatic nitrogens is 2. The van der Waals surface area contributed by atoms with E-state index < -0.39 is 0 Å². The van der Waals surface area contributed by atoms with Crippen LogP contribution in [0.15, 0.2) is 29.1 Å². The molecule has 2 heterocycles. The van der Waals surface area contributed by atoms with E-state index in [0.29, 0.717) is 15.6 Å². The Labute approximate surface area is 126 Å². The van der Waals surface area contributed by atoms with Crippen LogP contribution >= 0.6 is 23.2 Å². The summed E-state index contributed by atoms with van der Waals surface area (Å²) in [5.74, 6) is 0. The van der Waals surface area contributed by atoms with Crippen LogP contribution in [0.2, 0.25) is 10.0 Å². The molecule has 0 radical (unpaired) electrons. The first-order chi connectivity index (χ1) is 9.65. The molecule has 0 fully saturated rings. The van der Waals surface area contributed by atoms with E-state index in [2.05, 4.69) is 10.4 Å². The highest BCUT2D eigenvalue weighted by Gasteiger charge is 2.14. The van der Waals surface area contributed by atoms with Gasteiger partial charge in [-0.05, 0) is 25.0 Å². The number of rotatable bonds is 2. The number of anilines is 1. The van der Waals surface area contributed by atoms with Crippen molar-refractivity contribution in [1.29, 1.82) is 0 Å². The maximum atomic E-state index is 12.1. The van der Waals surface area contributed by atoms with E-state index in [1.807, 2.05) is 0 Å². The van der Waals surface area contributed by atoms with Gasteiger partial charge in [-0.25, -0.2) is 4.68 Å². The van der Waals surface area contributed by atoms with Crippen molar-refractivity contribution >= 4 is 28.9 Å². The van der Waals surface area contributed by atoms with Crippen LogP contribution in [0.25, 0.3) is 0 Å². The molecule has 6 heteroatoms. The normalized spacial score (nSPS) is 13.7. The van der Waals surface area contributed by atoms with Gasteiger partial charge in [0, 0.05) is 28.2 Å². The van der Waals surface area contributed by atoms with Crippen molar-refractivity contribution in [3.63, 3.8) is 0 Å². The van der Waals surface area contributed by atoms with E-state index >= 15 is 0 Å². The summed E-state index contributed by atoms with van der Waals surface area (Å²) in [6.45, 7) is 1.17. The third kappa shape index (κ3) is 2.53. The first kappa shape index (κ1) is 13.5. The van der Waals surface area contributed by atoms with Crippen molar-refractivity contribution in [3.8, 4) is 0 Å². The lowest BCUT2D eigenvalue weighted by atomic mass is 10.1. The molecule has 1 aliphatic rings. The van der Waals surface area contributed by atoms with Gasteiger partial charge >= 0.3 is 0 Å². The van der Waals surface area contributed by atoms with Crippen LogP contribution in [-0.4, -0.2) is 16.3 Å². The Morgan fingerprint density at radius 2 is 2.05 bits per heavy atom. The average Bonchev–Trinajstić information content (AvgIpc) is 2.43. The van der Waals surface area contributed by atoms with Crippen molar-refractivity contribution in [1.82, 2.24) is 9.78 Å². The van der Waals surface area contributed by atoms with Crippen molar-refractivity contribution in [2.24, 2.45) is 0 Å². The third-order valence-electron chi connectivity index (χ3n) is 3.35. The fourth-order valence-electron chi connectivity index (χ4n) is 2.29. The molecule has 1 aliphatic heterocycles. The number of aryl methyl sites for hydroxylation is 1. The van der Waals surface area contributed by atoms with E-state index in [1.54, 1.807) is 24.3 Å². The van der Waals surface area contributed by atoms with Gasteiger partial charge in [0.2, 0.25) is 0 Å². The second-order valence-corrected chi connectivity index (χ2v) is 5.55. The Balaban J connectivity index is 2.01. The highest BCUT2D eigenvalue weighted by Crippen LogP contribution is 2.25. The third-order valence-corrected chi connectivity index (χ3v) is 4.06. The van der Waals surface area contributed by atoms with Crippen molar-refractivity contribution in [3.05, 3.63) is 55.9 Å². The van der Waals surface area contributed by atoms with E-state index in [1.165, 1.54) is 4.68 Å². The topological polar surface area (TPSA) is 46.9 Å². The molecule has 1 aromatic heterocycles. The molecule has 0 saturated heterocycles. The van der Waals surface area contributed by atoms with Crippen molar-refractivity contribution < 1.29 is 0 Å². The van der Waals surface area contributed by atoms with Gasteiger partial charge in [0.25, 0.3) is 5.56 Å². The predicted octanol–water partition coefficient (Wildman–Crippen LogP) is 2.96. The van der Waals surface area contributed by atoms with Gasteiger partial charge in [0.1, 0.15) is 0 Å². The predicted molar refractivity (Wildman–Crippen MR) is 80.9 cm³/mol. The summed E-state index contributed by atoms with van der Waals surface area (Å²) in [4.78, 5) is 12.1. The standard InChI is InChI=1S/C14H13Cl2N3O/c15-10-3-1-4-11(16)9(10)8-19-14(20)7-13-12(18-19)5-2-6-17-13/h1,3-4,7,17H,2,5-6,8H2. The van der Waals surface area contributed by atoms with Crippen molar-refractivity contribution in [2.45, 2.75) is 19.4 Å². The molecule has 0 spiro atoms. The molecule has 0 amide bonds. The number of fused-ring (bicyclic) bond motifs is 1. The Kier molecular flexibility index (Phi) is 3.68. The highest BCUT2D eigenvalue weighted by atomic mass is 35.5. The summed E-state index contributed by atoms with van der Waals surface area (Å²) in [6, 6.07) is 6.88. The van der Waals surface area contributed by atoms with Crippen LogP contribution in [0.4, 0.5) is 5.69 Å². The smallest absolute Gasteiger partial charge is 0.269 e. The van der Waals surface area contributed by atoms with Gasteiger partial charge in [-0.2, -0.15) is 5.10 Å². The second-order valence-electron chi connectivity index (χ2n) is 4.73. The molecule has 104 valence electrons. The zero-order chi connectivity index (χ0) is 14.1. The molecule has 0 atom stereocenters. The summed E-state index contributed by atoms with van der Waals surface area (Å²) in [5.41, 5.74) is 2.31. The maximum Gasteiger partial charge on any atom is 0.269 e. The fourth-order valence-corrected chi connectivity index (χ4v) is 2.81. The largest absolute Gasteiger partial charge is 0.383 e. The minimum Gasteiger partial charge on any atom is -0.383 e. The number of benzene rings is 1. The average molecular weight is 310 g/mol. The van der Waals surface area contributed by atoms with Gasteiger partial charge in [-0.1, -0.05) is 29.3 Å². The number of hydrogen-bond acceptors (Lipinski definition) is 3. The maximum absolute atomic E-state index is 12.1. The van der Waals surface area contributed by atoms with Gasteiger partial charge in [0.05, 0.1) is 17.9 Å². The SMILES string of the molecule is O=c1cc2c(nn1Cc1c(Cl)cccc1Cl)CCCN2. The Morgan fingerprint density at radius 3 is 2.80 bits per heavy atom. The van der Waals surface area contributed by atoms with Crippen LogP contribution in [-0.2, 0) is 13.0 Å². The molecule has 20 heavy (non-hydrogen) atoms. The highest BCUT2D eigenvalue weighted by molar-refractivity contribution is 6.35. The molecule has 4 nitrogen and oxygen atoms in total. The second kappa shape index (κ2) is 5.46. The van der Waals surface area contributed by atoms with Gasteiger partial charge in [0.15, 0.2) is 0 Å². The zero-order valence-electron chi connectivity index (χ0n) is 10.7. The lowest BCUT2D eigenvalue weighted by Gasteiger charge is -2.18. The number of hydrogen-bond donors (Lipinski definition) is 1. The van der Waals surface area contributed by atoms with E-state index in [4.69, 9.17) is 23.2 Å². The Hall–Kier alpha value is -1.52. The first-order valence-electron chi connectivity index (χ1n) is 6.43. The van der Waals surface area contributed by atoms with E-state index in [0.717, 1.165) is 30.8 Å². The summed E-state index contributed by atoms with van der Waals surface area (Å²) >= 11 is 12.3. The molecule has 0 aliphatic carbocycles. The lowest BCUT2D eigenvalue weighted by Crippen LogP contribution is -2.27. The van der Waals surface area contributed by atoms with E-state index in [-0.39, 0.29) is 12.1 Å². The first-order valence-corrected chi connectivity index (χ1v) is 7.18. The summed E-state index contributed by atoms with van der Waals surface area (Å²) in [6.07, 6.45) is 1.89.